The Balaban J connectivity index is 2.26. The molecule has 0 radical (unpaired) electrons. The molecule has 27 heavy (non-hydrogen) atoms. The fourth-order valence-corrected chi connectivity index (χ4v) is 3.37. The number of aromatic nitrogens is 1. The van der Waals surface area contributed by atoms with Gasteiger partial charge in [-0.3, -0.25) is 4.98 Å². The average Bonchev–Trinajstić information content (AvgIpc) is 2.67. The number of hydrogen-bond donors (Lipinski definition) is 0. The summed E-state index contributed by atoms with van der Waals surface area (Å²) >= 11 is 3.51. The number of hydrogen-bond acceptors (Lipinski definition) is 5. The lowest BCUT2D eigenvalue weighted by molar-refractivity contribution is 0.288. The number of anilines is 2. The standard InChI is InChI=1S/C21H20BrN3O2/c1-4-26-19-10-17-18(11-20(19)27-5-2)24-13-14(12-23)21(17)25(3)16-8-6-7-15(22)9-16/h6-11,13H,4-5H2,1-3H3. The highest BCUT2D eigenvalue weighted by Gasteiger charge is 2.18. The molecule has 2 aromatic carbocycles. The summed E-state index contributed by atoms with van der Waals surface area (Å²) in [5, 5.41) is 10.5. The minimum absolute atomic E-state index is 0.497. The van der Waals surface area contributed by atoms with Crippen LogP contribution in [0.25, 0.3) is 10.9 Å². The highest BCUT2D eigenvalue weighted by molar-refractivity contribution is 9.10. The van der Waals surface area contributed by atoms with Gasteiger partial charge in [0.25, 0.3) is 0 Å². The zero-order valence-electron chi connectivity index (χ0n) is 15.5. The maximum Gasteiger partial charge on any atom is 0.163 e. The van der Waals surface area contributed by atoms with Crippen molar-refractivity contribution in [2.24, 2.45) is 0 Å². The van der Waals surface area contributed by atoms with Crippen LogP contribution in [-0.2, 0) is 0 Å². The van der Waals surface area contributed by atoms with Gasteiger partial charge >= 0.3 is 0 Å². The van der Waals surface area contributed by atoms with Crippen LogP contribution in [0.15, 0.2) is 47.1 Å². The fourth-order valence-electron chi connectivity index (χ4n) is 2.98. The minimum atomic E-state index is 0.497. The molecule has 0 saturated carbocycles. The molecule has 1 aromatic heterocycles. The van der Waals surface area contributed by atoms with Crippen LogP contribution >= 0.6 is 15.9 Å². The minimum Gasteiger partial charge on any atom is -0.490 e. The lowest BCUT2D eigenvalue weighted by Gasteiger charge is -2.23. The molecule has 0 aliphatic heterocycles. The first-order valence-electron chi connectivity index (χ1n) is 8.70. The van der Waals surface area contributed by atoms with Crippen LogP contribution in [0.4, 0.5) is 11.4 Å². The molecular weight excluding hydrogens is 406 g/mol. The van der Waals surface area contributed by atoms with Gasteiger partial charge in [-0.2, -0.15) is 5.26 Å². The monoisotopic (exact) mass is 425 g/mol. The van der Waals surface area contributed by atoms with Crippen molar-refractivity contribution in [3.05, 3.63) is 52.6 Å². The Bertz CT molecular complexity index is 1010. The van der Waals surface area contributed by atoms with Gasteiger partial charge in [-0.25, -0.2) is 0 Å². The third-order valence-corrected chi connectivity index (χ3v) is 4.65. The molecule has 0 amide bonds. The largest absolute Gasteiger partial charge is 0.490 e. The van der Waals surface area contributed by atoms with E-state index >= 15 is 0 Å². The molecular formula is C21H20BrN3O2. The van der Waals surface area contributed by atoms with Crippen molar-refractivity contribution in [2.75, 3.05) is 25.2 Å². The Kier molecular flexibility index (Phi) is 5.82. The van der Waals surface area contributed by atoms with Crippen LogP contribution in [0.5, 0.6) is 11.5 Å². The number of rotatable bonds is 6. The third-order valence-electron chi connectivity index (χ3n) is 4.16. The van der Waals surface area contributed by atoms with Gasteiger partial charge in [0, 0.05) is 34.9 Å². The highest BCUT2D eigenvalue weighted by Crippen LogP contribution is 2.39. The molecule has 0 spiro atoms. The van der Waals surface area contributed by atoms with E-state index < -0.39 is 0 Å². The summed E-state index contributed by atoms with van der Waals surface area (Å²) in [6, 6.07) is 14.0. The van der Waals surface area contributed by atoms with Crippen LogP contribution in [0.3, 0.4) is 0 Å². The van der Waals surface area contributed by atoms with Gasteiger partial charge in [-0.15, -0.1) is 0 Å². The lowest BCUT2D eigenvalue weighted by Crippen LogP contribution is -2.12. The zero-order chi connectivity index (χ0) is 19.4. The second-order valence-electron chi connectivity index (χ2n) is 5.85. The van der Waals surface area contributed by atoms with E-state index in [1.165, 1.54) is 0 Å². The molecule has 138 valence electrons. The predicted octanol–water partition coefficient (Wildman–Crippen LogP) is 5.43. The van der Waals surface area contributed by atoms with Crippen LogP contribution in [0, 0.1) is 11.3 Å². The number of ether oxygens (including phenoxy) is 2. The van der Waals surface area contributed by atoms with E-state index in [2.05, 4.69) is 27.0 Å². The molecule has 6 heteroatoms. The Morgan fingerprint density at radius 1 is 1.11 bits per heavy atom. The molecule has 0 unspecified atom stereocenters. The lowest BCUT2D eigenvalue weighted by atomic mass is 10.1. The summed E-state index contributed by atoms with van der Waals surface area (Å²) in [5.41, 5.74) is 2.99. The summed E-state index contributed by atoms with van der Waals surface area (Å²) in [7, 11) is 1.94. The topological polar surface area (TPSA) is 58.4 Å². The van der Waals surface area contributed by atoms with Crippen molar-refractivity contribution < 1.29 is 9.47 Å². The number of pyridine rings is 1. The van der Waals surface area contributed by atoms with Crippen molar-refractivity contribution in [3.63, 3.8) is 0 Å². The van der Waals surface area contributed by atoms with E-state index in [0.717, 1.165) is 26.8 Å². The quantitative estimate of drug-likeness (QED) is 0.526. The van der Waals surface area contributed by atoms with E-state index in [1.54, 1.807) is 6.20 Å². The van der Waals surface area contributed by atoms with E-state index in [-0.39, 0.29) is 0 Å². The molecule has 0 aliphatic rings. The Morgan fingerprint density at radius 3 is 2.44 bits per heavy atom. The van der Waals surface area contributed by atoms with Gasteiger partial charge in [0.1, 0.15) is 6.07 Å². The van der Waals surface area contributed by atoms with Gasteiger partial charge < -0.3 is 14.4 Å². The normalized spacial score (nSPS) is 10.5. The van der Waals surface area contributed by atoms with Crippen molar-refractivity contribution in [2.45, 2.75) is 13.8 Å². The van der Waals surface area contributed by atoms with Crippen molar-refractivity contribution >= 4 is 38.2 Å². The van der Waals surface area contributed by atoms with Gasteiger partial charge in [-0.1, -0.05) is 22.0 Å². The van der Waals surface area contributed by atoms with E-state index in [9.17, 15) is 5.26 Å². The Labute approximate surface area is 167 Å². The first-order valence-corrected chi connectivity index (χ1v) is 9.50. The number of nitrogens with zero attached hydrogens (tertiary/aromatic N) is 3. The molecule has 0 N–H and O–H groups in total. The Morgan fingerprint density at radius 2 is 1.81 bits per heavy atom. The number of benzene rings is 2. The maximum absolute atomic E-state index is 9.66. The van der Waals surface area contributed by atoms with Crippen LogP contribution in [0.1, 0.15) is 19.4 Å². The average molecular weight is 426 g/mol. The van der Waals surface area contributed by atoms with Gasteiger partial charge in [0.05, 0.1) is 30.0 Å². The summed E-state index contributed by atoms with van der Waals surface area (Å²) < 4.78 is 12.4. The SMILES string of the molecule is CCOc1cc2ncc(C#N)c(N(C)c3cccc(Br)c3)c2cc1OCC. The smallest absolute Gasteiger partial charge is 0.163 e. The number of fused-ring (bicyclic) bond motifs is 1. The fraction of sp³-hybridized carbons (Fsp3) is 0.238. The molecule has 5 nitrogen and oxygen atoms in total. The van der Waals surface area contributed by atoms with Crippen molar-refractivity contribution in [3.8, 4) is 17.6 Å². The second kappa shape index (κ2) is 8.28. The highest BCUT2D eigenvalue weighted by atomic mass is 79.9. The molecule has 0 aliphatic carbocycles. The van der Waals surface area contributed by atoms with Crippen LogP contribution in [-0.4, -0.2) is 25.2 Å². The van der Waals surface area contributed by atoms with E-state index in [4.69, 9.17) is 9.47 Å². The van der Waals surface area contributed by atoms with Gasteiger partial charge in [0.15, 0.2) is 11.5 Å². The van der Waals surface area contributed by atoms with E-state index in [0.29, 0.717) is 30.3 Å². The van der Waals surface area contributed by atoms with Gasteiger partial charge in [-0.05, 0) is 38.1 Å². The molecule has 1 heterocycles. The van der Waals surface area contributed by atoms with Crippen molar-refractivity contribution in [1.29, 1.82) is 5.26 Å². The molecule has 3 rings (SSSR count). The second-order valence-corrected chi connectivity index (χ2v) is 6.77. The summed E-state index contributed by atoms with van der Waals surface area (Å²) in [4.78, 5) is 6.45. The number of halogens is 1. The maximum atomic E-state index is 9.66. The molecule has 0 fully saturated rings. The zero-order valence-corrected chi connectivity index (χ0v) is 17.1. The first-order chi connectivity index (χ1) is 13.1. The molecule has 0 saturated heterocycles. The molecule has 0 bridgehead atoms. The van der Waals surface area contributed by atoms with Gasteiger partial charge in [0.2, 0.25) is 0 Å². The summed E-state index contributed by atoms with van der Waals surface area (Å²) in [6.45, 7) is 4.91. The predicted molar refractivity (Wildman–Crippen MR) is 111 cm³/mol. The van der Waals surface area contributed by atoms with Crippen LogP contribution < -0.4 is 14.4 Å². The van der Waals surface area contributed by atoms with E-state index in [1.807, 2.05) is 62.2 Å². The first kappa shape index (κ1) is 19.0. The van der Waals surface area contributed by atoms with Crippen molar-refractivity contribution in [1.82, 2.24) is 4.98 Å². The number of nitriles is 1. The third kappa shape index (κ3) is 3.83. The van der Waals surface area contributed by atoms with Crippen LogP contribution in [0.2, 0.25) is 0 Å². The molecule has 3 aromatic rings. The summed E-state index contributed by atoms with van der Waals surface area (Å²) in [6.07, 6.45) is 1.60. The summed E-state index contributed by atoms with van der Waals surface area (Å²) in [5.74, 6) is 1.30. The molecule has 0 atom stereocenters. The Hall–Kier alpha value is -2.78.